The lowest BCUT2D eigenvalue weighted by atomic mass is 10.2. The molecule has 2 nitrogen and oxygen atoms in total. The number of carbonyl (C=O) groups excluding carboxylic acids is 1. The molecule has 3 heteroatoms. The van der Waals surface area contributed by atoms with Crippen LogP contribution in [-0.4, -0.2) is 18.7 Å². The van der Waals surface area contributed by atoms with Crippen LogP contribution in [0.25, 0.3) is 0 Å². The van der Waals surface area contributed by atoms with Crippen molar-refractivity contribution >= 4 is 5.97 Å². The third kappa shape index (κ3) is 3.01. The van der Waals surface area contributed by atoms with E-state index in [9.17, 15) is 9.18 Å². The van der Waals surface area contributed by atoms with Crippen molar-refractivity contribution in [2.75, 3.05) is 6.61 Å². The summed E-state index contributed by atoms with van der Waals surface area (Å²) in [6.45, 7) is 2.96. The highest BCUT2D eigenvalue weighted by Crippen LogP contribution is 2.02. The first kappa shape index (κ1) is 10.4. The van der Waals surface area contributed by atoms with Crippen LogP contribution in [-0.2, 0) is 4.74 Å². The van der Waals surface area contributed by atoms with E-state index in [4.69, 9.17) is 4.74 Å². The highest BCUT2D eigenvalue weighted by atomic mass is 19.1. The van der Waals surface area contributed by atoms with Crippen molar-refractivity contribution in [1.82, 2.24) is 0 Å². The zero-order valence-electron chi connectivity index (χ0n) is 7.65. The smallest absolute Gasteiger partial charge is 0.338 e. The molecule has 0 aliphatic carbocycles. The van der Waals surface area contributed by atoms with Crippen LogP contribution < -0.4 is 0 Å². The number of alkyl halides is 1. The van der Waals surface area contributed by atoms with Gasteiger partial charge in [0.15, 0.2) is 6.17 Å². The molecule has 0 aliphatic heterocycles. The molecule has 0 amide bonds. The fraction of sp³-hybridized carbons (Fsp3) is 0.182. The molecular formula is C11H11FO2. The minimum Gasteiger partial charge on any atom is -0.459 e. The van der Waals surface area contributed by atoms with Crippen molar-refractivity contribution in [3.63, 3.8) is 0 Å². The highest BCUT2D eigenvalue weighted by Gasteiger charge is 2.08. The molecule has 0 aliphatic rings. The van der Waals surface area contributed by atoms with Crippen molar-refractivity contribution in [3.05, 3.63) is 48.6 Å². The van der Waals surface area contributed by atoms with E-state index in [0.717, 1.165) is 6.08 Å². The summed E-state index contributed by atoms with van der Waals surface area (Å²) in [6, 6.07) is 8.46. The van der Waals surface area contributed by atoms with Crippen LogP contribution >= 0.6 is 0 Å². The lowest BCUT2D eigenvalue weighted by Crippen LogP contribution is -2.12. The molecule has 1 unspecified atom stereocenters. The van der Waals surface area contributed by atoms with Gasteiger partial charge in [-0.2, -0.15) is 0 Å². The van der Waals surface area contributed by atoms with Gasteiger partial charge in [-0.25, -0.2) is 9.18 Å². The van der Waals surface area contributed by atoms with Gasteiger partial charge in [-0.15, -0.1) is 6.58 Å². The van der Waals surface area contributed by atoms with E-state index in [1.807, 2.05) is 0 Å². The summed E-state index contributed by atoms with van der Waals surface area (Å²) >= 11 is 0. The Morgan fingerprint density at radius 1 is 1.50 bits per heavy atom. The number of esters is 1. The maximum absolute atomic E-state index is 12.6. The Balaban J connectivity index is 2.47. The SMILES string of the molecule is C=CC(F)COC(=O)c1ccccc1. The largest absolute Gasteiger partial charge is 0.459 e. The summed E-state index contributed by atoms with van der Waals surface area (Å²) in [5.41, 5.74) is 0.420. The summed E-state index contributed by atoms with van der Waals surface area (Å²) in [4.78, 5) is 11.2. The summed E-state index contributed by atoms with van der Waals surface area (Å²) in [5.74, 6) is -0.518. The molecule has 0 spiro atoms. The summed E-state index contributed by atoms with van der Waals surface area (Å²) in [6.07, 6.45) is -0.208. The lowest BCUT2D eigenvalue weighted by Gasteiger charge is -2.05. The van der Waals surface area contributed by atoms with Crippen molar-refractivity contribution in [1.29, 1.82) is 0 Å². The Labute approximate surface area is 82.0 Å². The molecule has 1 rings (SSSR count). The van der Waals surface area contributed by atoms with E-state index in [2.05, 4.69) is 6.58 Å². The van der Waals surface area contributed by atoms with Gasteiger partial charge >= 0.3 is 5.97 Å². The number of benzene rings is 1. The number of rotatable bonds is 4. The first-order chi connectivity index (χ1) is 6.74. The predicted octanol–water partition coefficient (Wildman–Crippen LogP) is 2.37. The molecule has 74 valence electrons. The van der Waals surface area contributed by atoms with Crippen molar-refractivity contribution in [3.8, 4) is 0 Å². The quantitative estimate of drug-likeness (QED) is 0.543. The maximum atomic E-state index is 12.6. The average Bonchev–Trinajstić information content (AvgIpc) is 2.26. The predicted molar refractivity (Wildman–Crippen MR) is 51.8 cm³/mol. The molecular weight excluding hydrogens is 183 g/mol. The Morgan fingerprint density at radius 2 is 2.14 bits per heavy atom. The number of carbonyl (C=O) groups is 1. The Morgan fingerprint density at radius 3 is 2.71 bits per heavy atom. The molecule has 0 radical (unpaired) electrons. The minimum atomic E-state index is -1.30. The number of hydrogen-bond acceptors (Lipinski definition) is 2. The van der Waals surface area contributed by atoms with Gasteiger partial charge in [-0.3, -0.25) is 0 Å². The third-order valence-electron chi connectivity index (χ3n) is 1.64. The number of ether oxygens (including phenoxy) is 1. The minimum absolute atomic E-state index is 0.281. The van der Waals surface area contributed by atoms with Crippen LogP contribution in [0.3, 0.4) is 0 Å². The van der Waals surface area contributed by atoms with Crippen molar-refractivity contribution < 1.29 is 13.9 Å². The monoisotopic (exact) mass is 194 g/mol. The number of halogens is 1. The molecule has 0 fully saturated rings. The van der Waals surface area contributed by atoms with E-state index in [-0.39, 0.29) is 6.61 Å². The molecule has 1 atom stereocenters. The molecule has 0 saturated heterocycles. The van der Waals surface area contributed by atoms with Crippen molar-refractivity contribution in [2.45, 2.75) is 6.17 Å². The standard InChI is InChI=1S/C11H11FO2/c1-2-10(12)8-14-11(13)9-6-4-3-5-7-9/h2-7,10H,1,8H2. The maximum Gasteiger partial charge on any atom is 0.338 e. The van der Waals surface area contributed by atoms with Gasteiger partial charge in [0, 0.05) is 0 Å². The van der Waals surface area contributed by atoms with Crippen LogP contribution in [0.5, 0.6) is 0 Å². The fourth-order valence-corrected chi connectivity index (χ4v) is 0.881. The first-order valence-electron chi connectivity index (χ1n) is 4.23. The van der Waals surface area contributed by atoms with Gasteiger partial charge in [0.1, 0.15) is 6.61 Å². The zero-order chi connectivity index (χ0) is 10.4. The van der Waals surface area contributed by atoms with E-state index in [0.29, 0.717) is 5.56 Å². The van der Waals surface area contributed by atoms with E-state index in [1.54, 1.807) is 30.3 Å². The molecule has 1 aromatic rings. The van der Waals surface area contributed by atoms with Crippen LogP contribution in [0.1, 0.15) is 10.4 Å². The fourth-order valence-electron chi connectivity index (χ4n) is 0.881. The normalized spacial score (nSPS) is 11.8. The first-order valence-corrected chi connectivity index (χ1v) is 4.23. The molecule has 0 heterocycles. The highest BCUT2D eigenvalue weighted by molar-refractivity contribution is 5.89. The summed E-state index contributed by atoms with van der Waals surface area (Å²) < 4.78 is 17.3. The zero-order valence-corrected chi connectivity index (χ0v) is 7.65. The van der Waals surface area contributed by atoms with E-state index in [1.165, 1.54) is 0 Å². The average molecular weight is 194 g/mol. The van der Waals surface area contributed by atoms with Gasteiger partial charge in [-0.05, 0) is 12.1 Å². The molecule has 0 N–H and O–H groups in total. The van der Waals surface area contributed by atoms with Crippen LogP contribution in [0, 0.1) is 0 Å². The number of hydrogen-bond donors (Lipinski definition) is 0. The van der Waals surface area contributed by atoms with Crippen molar-refractivity contribution in [2.24, 2.45) is 0 Å². The second kappa shape index (κ2) is 5.17. The Hall–Kier alpha value is -1.64. The summed E-state index contributed by atoms with van der Waals surface area (Å²) in [5, 5.41) is 0. The third-order valence-corrected chi connectivity index (χ3v) is 1.64. The molecule has 0 saturated carbocycles. The Kier molecular flexibility index (Phi) is 3.85. The van der Waals surface area contributed by atoms with Crippen LogP contribution in [0.4, 0.5) is 4.39 Å². The second-order valence-electron chi connectivity index (χ2n) is 2.72. The van der Waals surface area contributed by atoms with Gasteiger partial charge in [0.05, 0.1) is 5.56 Å². The molecule has 0 bridgehead atoms. The van der Waals surface area contributed by atoms with Gasteiger partial charge in [-0.1, -0.05) is 24.3 Å². The summed E-state index contributed by atoms with van der Waals surface area (Å²) in [7, 11) is 0. The Bertz CT molecular complexity index is 308. The van der Waals surface area contributed by atoms with Crippen LogP contribution in [0.2, 0.25) is 0 Å². The van der Waals surface area contributed by atoms with E-state index >= 15 is 0 Å². The van der Waals surface area contributed by atoms with Gasteiger partial charge in [0.2, 0.25) is 0 Å². The molecule has 14 heavy (non-hydrogen) atoms. The topological polar surface area (TPSA) is 26.3 Å². The van der Waals surface area contributed by atoms with Gasteiger partial charge in [0.25, 0.3) is 0 Å². The molecule has 0 aromatic heterocycles. The van der Waals surface area contributed by atoms with Crippen LogP contribution in [0.15, 0.2) is 43.0 Å². The van der Waals surface area contributed by atoms with Gasteiger partial charge < -0.3 is 4.74 Å². The second-order valence-corrected chi connectivity index (χ2v) is 2.72. The molecule has 1 aromatic carbocycles. The van der Waals surface area contributed by atoms with E-state index < -0.39 is 12.1 Å². The lowest BCUT2D eigenvalue weighted by molar-refractivity contribution is 0.0437.